The molecule has 0 radical (unpaired) electrons. The van der Waals surface area contributed by atoms with Crippen LogP contribution in [-0.2, 0) is 0 Å². The van der Waals surface area contributed by atoms with Crippen molar-refractivity contribution in [2.24, 2.45) is 5.73 Å². The highest BCUT2D eigenvalue weighted by Crippen LogP contribution is 2.28. The predicted molar refractivity (Wildman–Crippen MR) is 78.3 cm³/mol. The Hall–Kier alpha value is -2.08. The zero-order chi connectivity index (χ0) is 14.0. The molecule has 5 nitrogen and oxygen atoms in total. The average Bonchev–Trinajstić information content (AvgIpc) is 2.91. The van der Waals surface area contributed by atoms with Gasteiger partial charge in [-0.25, -0.2) is 4.98 Å². The lowest BCUT2D eigenvalue weighted by molar-refractivity contribution is 0.100. The molecule has 19 heavy (non-hydrogen) atoms. The summed E-state index contributed by atoms with van der Waals surface area (Å²) in [5, 5.41) is 2.03. The molecular weight excluding hydrogens is 260 g/mol. The lowest BCUT2D eigenvalue weighted by Gasteiger charge is -2.25. The van der Waals surface area contributed by atoms with Gasteiger partial charge in [0.25, 0.3) is 5.91 Å². The SMILES string of the molecule is CC(c1cccs1)N(C)c1cc(C(N)=O)c(N)cn1. The number of nitrogen functional groups attached to an aromatic ring is 1. The zero-order valence-corrected chi connectivity index (χ0v) is 11.6. The van der Waals surface area contributed by atoms with E-state index in [4.69, 9.17) is 11.5 Å². The number of carbonyl (C=O) groups is 1. The molecule has 0 aliphatic rings. The van der Waals surface area contributed by atoms with Gasteiger partial charge in [-0.15, -0.1) is 11.3 Å². The molecule has 2 rings (SSSR count). The smallest absolute Gasteiger partial charge is 0.250 e. The minimum atomic E-state index is -0.543. The molecule has 0 aliphatic carbocycles. The number of anilines is 2. The van der Waals surface area contributed by atoms with Gasteiger partial charge in [0.15, 0.2) is 0 Å². The average molecular weight is 276 g/mol. The van der Waals surface area contributed by atoms with Gasteiger partial charge in [0.05, 0.1) is 23.5 Å². The van der Waals surface area contributed by atoms with Gasteiger partial charge in [0.2, 0.25) is 0 Å². The third-order valence-corrected chi connectivity index (χ3v) is 4.13. The molecule has 0 spiro atoms. The lowest BCUT2D eigenvalue weighted by Crippen LogP contribution is -2.23. The molecule has 0 saturated heterocycles. The largest absolute Gasteiger partial charge is 0.397 e. The van der Waals surface area contributed by atoms with Crippen LogP contribution in [0.25, 0.3) is 0 Å². The van der Waals surface area contributed by atoms with E-state index in [2.05, 4.69) is 18.0 Å². The Labute approximate surface area is 115 Å². The molecule has 1 unspecified atom stereocenters. The van der Waals surface area contributed by atoms with E-state index < -0.39 is 5.91 Å². The van der Waals surface area contributed by atoms with Gasteiger partial charge in [-0.3, -0.25) is 4.79 Å². The highest BCUT2D eigenvalue weighted by atomic mass is 32.1. The molecule has 0 aliphatic heterocycles. The van der Waals surface area contributed by atoms with Gasteiger partial charge >= 0.3 is 0 Å². The van der Waals surface area contributed by atoms with Crippen molar-refractivity contribution >= 4 is 28.7 Å². The summed E-state index contributed by atoms with van der Waals surface area (Å²) in [7, 11) is 1.92. The Balaban J connectivity index is 2.31. The monoisotopic (exact) mass is 276 g/mol. The van der Waals surface area contributed by atoms with Crippen molar-refractivity contribution in [1.29, 1.82) is 0 Å². The van der Waals surface area contributed by atoms with Crippen LogP contribution in [0.1, 0.15) is 28.2 Å². The van der Waals surface area contributed by atoms with Crippen LogP contribution >= 0.6 is 11.3 Å². The fourth-order valence-electron chi connectivity index (χ4n) is 1.78. The normalized spacial score (nSPS) is 12.1. The van der Waals surface area contributed by atoms with E-state index in [-0.39, 0.29) is 6.04 Å². The maximum Gasteiger partial charge on any atom is 0.250 e. The Morgan fingerprint density at radius 3 is 2.84 bits per heavy atom. The summed E-state index contributed by atoms with van der Waals surface area (Å²) in [6.07, 6.45) is 1.47. The summed E-state index contributed by atoms with van der Waals surface area (Å²) in [5.74, 6) is 0.127. The molecule has 0 saturated carbocycles. The van der Waals surface area contributed by atoms with Gasteiger partial charge in [0.1, 0.15) is 5.82 Å². The summed E-state index contributed by atoms with van der Waals surface area (Å²) in [6, 6.07) is 5.87. The first-order valence-corrected chi connectivity index (χ1v) is 6.70. The Kier molecular flexibility index (Phi) is 3.71. The van der Waals surface area contributed by atoms with Crippen LogP contribution in [0.15, 0.2) is 29.8 Å². The van der Waals surface area contributed by atoms with Crippen molar-refractivity contribution in [1.82, 2.24) is 4.98 Å². The van der Waals surface area contributed by atoms with E-state index in [9.17, 15) is 4.79 Å². The molecule has 2 heterocycles. The Bertz CT molecular complexity index is 582. The van der Waals surface area contributed by atoms with Gasteiger partial charge in [-0.2, -0.15) is 0 Å². The molecule has 100 valence electrons. The third kappa shape index (κ3) is 2.68. The maximum absolute atomic E-state index is 11.3. The number of hydrogen-bond donors (Lipinski definition) is 2. The van der Waals surface area contributed by atoms with Crippen molar-refractivity contribution in [3.63, 3.8) is 0 Å². The van der Waals surface area contributed by atoms with E-state index in [0.717, 1.165) is 0 Å². The van der Waals surface area contributed by atoms with E-state index in [1.165, 1.54) is 11.1 Å². The molecule has 2 aromatic heterocycles. The first kappa shape index (κ1) is 13.4. The number of rotatable bonds is 4. The summed E-state index contributed by atoms with van der Waals surface area (Å²) in [5.41, 5.74) is 11.6. The number of primary amides is 1. The van der Waals surface area contributed by atoms with Gasteiger partial charge in [0, 0.05) is 11.9 Å². The van der Waals surface area contributed by atoms with E-state index in [1.807, 2.05) is 23.4 Å². The van der Waals surface area contributed by atoms with Crippen LogP contribution in [0.5, 0.6) is 0 Å². The topological polar surface area (TPSA) is 85.2 Å². The minimum absolute atomic E-state index is 0.164. The third-order valence-electron chi connectivity index (χ3n) is 3.08. The summed E-state index contributed by atoms with van der Waals surface area (Å²) in [4.78, 5) is 18.8. The van der Waals surface area contributed by atoms with Crippen molar-refractivity contribution in [3.8, 4) is 0 Å². The highest BCUT2D eigenvalue weighted by Gasteiger charge is 2.16. The second-order valence-corrected chi connectivity index (χ2v) is 5.28. The fourth-order valence-corrected chi connectivity index (χ4v) is 2.61. The number of amides is 1. The molecule has 1 amide bonds. The quantitative estimate of drug-likeness (QED) is 0.894. The summed E-state index contributed by atoms with van der Waals surface area (Å²) < 4.78 is 0. The number of carbonyl (C=O) groups excluding carboxylic acids is 1. The van der Waals surface area contributed by atoms with Crippen LogP contribution in [0.4, 0.5) is 11.5 Å². The number of thiophene rings is 1. The van der Waals surface area contributed by atoms with E-state index >= 15 is 0 Å². The standard InChI is InChI=1S/C13H16N4OS/c1-8(11-4-3-5-19-11)17(2)12-6-9(13(15)18)10(14)7-16-12/h3-8H,14H2,1-2H3,(H2,15,18). The van der Waals surface area contributed by atoms with Crippen LogP contribution in [-0.4, -0.2) is 17.9 Å². The minimum Gasteiger partial charge on any atom is -0.397 e. The van der Waals surface area contributed by atoms with Gasteiger partial charge in [-0.1, -0.05) is 6.07 Å². The van der Waals surface area contributed by atoms with Crippen molar-refractivity contribution in [3.05, 3.63) is 40.2 Å². The number of nitrogens with zero attached hydrogens (tertiary/aromatic N) is 2. The maximum atomic E-state index is 11.3. The molecule has 6 heteroatoms. The van der Waals surface area contributed by atoms with Crippen LogP contribution in [0.2, 0.25) is 0 Å². The van der Waals surface area contributed by atoms with Gasteiger partial charge < -0.3 is 16.4 Å². The molecule has 2 aromatic rings. The molecule has 0 bridgehead atoms. The summed E-state index contributed by atoms with van der Waals surface area (Å²) in [6.45, 7) is 2.08. The molecule has 0 fully saturated rings. The Morgan fingerprint density at radius 2 is 2.26 bits per heavy atom. The first-order valence-electron chi connectivity index (χ1n) is 5.82. The van der Waals surface area contributed by atoms with E-state index in [1.54, 1.807) is 17.4 Å². The van der Waals surface area contributed by atoms with E-state index in [0.29, 0.717) is 17.1 Å². The second-order valence-electron chi connectivity index (χ2n) is 4.30. The number of pyridine rings is 1. The molecule has 4 N–H and O–H groups in total. The lowest BCUT2D eigenvalue weighted by atomic mass is 10.2. The zero-order valence-electron chi connectivity index (χ0n) is 10.8. The van der Waals surface area contributed by atoms with Gasteiger partial charge in [-0.05, 0) is 24.4 Å². The number of aromatic nitrogens is 1. The van der Waals surface area contributed by atoms with Crippen molar-refractivity contribution < 1.29 is 4.79 Å². The first-order chi connectivity index (χ1) is 9.00. The number of hydrogen-bond acceptors (Lipinski definition) is 5. The van der Waals surface area contributed by atoms with Crippen molar-refractivity contribution in [2.45, 2.75) is 13.0 Å². The molecular formula is C13H16N4OS. The van der Waals surface area contributed by atoms with Crippen molar-refractivity contribution in [2.75, 3.05) is 17.7 Å². The molecule has 1 atom stereocenters. The fraction of sp³-hybridized carbons (Fsp3) is 0.231. The highest BCUT2D eigenvalue weighted by molar-refractivity contribution is 7.10. The predicted octanol–water partition coefficient (Wildman–Crippen LogP) is 2.02. The summed E-state index contributed by atoms with van der Waals surface area (Å²) >= 11 is 1.68. The number of nitrogens with two attached hydrogens (primary N) is 2. The Morgan fingerprint density at radius 1 is 1.53 bits per heavy atom. The van der Waals surface area contributed by atoms with Crippen LogP contribution < -0.4 is 16.4 Å². The van der Waals surface area contributed by atoms with Crippen LogP contribution in [0.3, 0.4) is 0 Å². The van der Waals surface area contributed by atoms with Crippen LogP contribution in [0, 0.1) is 0 Å². The molecule has 0 aromatic carbocycles. The second kappa shape index (κ2) is 5.27.